The lowest BCUT2D eigenvalue weighted by Crippen LogP contribution is -2.53. The third-order valence-corrected chi connectivity index (χ3v) is 14.5. The first kappa shape index (κ1) is 42.2. The number of ether oxygens (including phenoxy) is 1. The number of aliphatic hydroxyl groups is 1. The number of carboxylic acids is 1. The number of hydrogen-bond donors (Lipinski definition) is 6. The minimum Gasteiger partial charge on any atom is -0.476 e. The van der Waals surface area contributed by atoms with E-state index in [1.165, 1.54) is 19.1 Å². The number of aromatic nitrogens is 4. The predicted molar refractivity (Wildman–Crippen MR) is 239 cm³/mol. The number of benzene rings is 1. The van der Waals surface area contributed by atoms with Gasteiger partial charge in [-0.2, -0.15) is 0 Å². The maximum atomic E-state index is 12.9. The molecule has 60 heavy (non-hydrogen) atoms. The summed E-state index contributed by atoms with van der Waals surface area (Å²) >= 11 is 1.58. The highest BCUT2D eigenvalue weighted by atomic mass is 32.1. The number of nitrogens with one attached hydrogen (secondary N) is 4. The van der Waals surface area contributed by atoms with Crippen LogP contribution in [-0.2, 0) is 11.2 Å². The van der Waals surface area contributed by atoms with E-state index in [0.717, 1.165) is 109 Å². The monoisotopic (exact) mass is 835 g/mol. The zero-order valence-electron chi connectivity index (χ0n) is 35.8. The molecule has 0 spiro atoms. The van der Waals surface area contributed by atoms with Crippen molar-refractivity contribution in [2.24, 2.45) is 22.7 Å². The minimum absolute atomic E-state index is 0.0962. The zero-order valence-corrected chi connectivity index (χ0v) is 36.6. The SMILES string of the molecule is C/C(NCC1CC2(C)CC3(C)CC1CC(OCCNCCCCO)(C2)C3)=C(/C=N)c1ccc(N2CCCc3c2nnc(Nc2nc4cc(C)ccc4s2)c3C)nc1C(=O)O. The average molecular weight is 836 g/mol. The number of thiazole rings is 1. The first-order chi connectivity index (χ1) is 28.8. The number of carbonyl (C=O) groups is 1. The zero-order chi connectivity index (χ0) is 42.2. The lowest BCUT2D eigenvalue weighted by Gasteiger charge is -2.56. The number of aromatic carboxylic acids is 1. The highest BCUT2D eigenvalue weighted by molar-refractivity contribution is 7.22. The minimum atomic E-state index is -1.15. The number of anilines is 4. The number of nitrogens with zero attached hydrogens (tertiary/aromatic N) is 5. The van der Waals surface area contributed by atoms with Crippen LogP contribution >= 0.6 is 11.3 Å². The molecule has 14 heteroatoms. The van der Waals surface area contributed by atoms with Crippen molar-refractivity contribution in [1.29, 1.82) is 5.41 Å². The summed E-state index contributed by atoms with van der Waals surface area (Å²) in [6.45, 7) is 15.0. The Morgan fingerprint density at radius 2 is 1.87 bits per heavy atom. The lowest BCUT2D eigenvalue weighted by molar-refractivity contribution is -0.162. The predicted octanol–water partition coefficient (Wildman–Crippen LogP) is 8.34. The van der Waals surface area contributed by atoms with Gasteiger partial charge in [0.25, 0.3) is 0 Å². The van der Waals surface area contributed by atoms with Gasteiger partial charge in [-0.05, 0) is 144 Å². The molecule has 6 N–H and O–H groups in total. The number of allylic oxidation sites excluding steroid dienone is 2. The van der Waals surface area contributed by atoms with Crippen LogP contribution in [-0.4, -0.2) is 87.6 Å². The molecule has 4 heterocycles. The van der Waals surface area contributed by atoms with Crippen molar-refractivity contribution in [2.75, 3.05) is 49.6 Å². The van der Waals surface area contributed by atoms with Gasteiger partial charge in [0.1, 0.15) is 5.82 Å². The Balaban J connectivity index is 0.981. The molecule has 13 nitrogen and oxygen atoms in total. The molecule has 3 aromatic heterocycles. The Kier molecular flexibility index (Phi) is 12.0. The van der Waals surface area contributed by atoms with Crippen molar-refractivity contribution in [3.05, 3.63) is 64.0 Å². The summed E-state index contributed by atoms with van der Waals surface area (Å²) < 4.78 is 7.95. The van der Waals surface area contributed by atoms with E-state index < -0.39 is 5.97 Å². The number of hydrogen-bond acceptors (Lipinski definition) is 13. The Labute approximate surface area is 357 Å². The number of rotatable bonds is 17. The smallest absolute Gasteiger partial charge is 0.355 e. The summed E-state index contributed by atoms with van der Waals surface area (Å²) in [5.74, 6) is 1.63. The van der Waals surface area contributed by atoms with Crippen molar-refractivity contribution in [3.8, 4) is 0 Å². The molecule has 4 aliphatic carbocycles. The average Bonchev–Trinajstić information content (AvgIpc) is 3.54. The van der Waals surface area contributed by atoms with E-state index in [1.54, 1.807) is 17.4 Å². The number of fused-ring (bicyclic) bond motifs is 3. The molecule has 9 rings (SSSR count). The normalized spacial score (nSPS) is 26.1. The van der Waals surface area contributed by atoms with Crippen LogP contribution in [0.3, 0.4) is 0 Å². The van der Waals surface area contributed by atoms with E-state index in [1.807, 2.05) is 24.8 Å². The summed E-state index contributed by atoms with van der Waals surface area (Å²) in [4.78, 5) is 24.3. The highest BCUT2D eigenvalue weighted by Gasteiger charge is 2.60. The molecular weight excluding hydrogens is 775 g/mol. The van der Waals surface area contributed by atoms with Crippen LogP contribution in [0.2, 0.25) is 0 Å². The topological polar surface area (TPSA) is 181 Å². The first-order valence-corrected chi connectivity index (χ1v) is 22.6. The molecule has 0 saturated heterocycles. The van der Waals surface area contributed by atoms with Crippen LogP contribution in [0.5, 0.6) is 0 Å². The fourth-order valence-corrected chi connectivity index (χ4v) is 12.5. The molecule has 5 aliphatic rings. The van der Waals surface area contributed by atoms with E-state index in [-0.39, 0.29) is 28.7 Å². The third kappa shape index (κ3) is 8.66. The summed E-state index contributed by atoms with van der Waals surface area (Å²) in [5.41, 5.74) is 6.06. The van der Waals surface area contributed by atoms with Crippen LogP contribution in [0, 0.1) is 41.9 Å². The second-order valence-electron chi connectivity index (χ2n) is 18.8. The van der Waals surface area contributed by atoms with Gasteiger partial charge < -0.3 is 41.2 Å². The van der Waals surface area contributed by atoms with Crippen molar-refractivity contribution in [3.63, 3.8) is 0 Å². The van der Waals surface area contributed by atoms with Crippen LogP contribution in [0.4, 0.5) is 22.6 Å². The van der Waals surface area contributed by atoms with Crippen molar-refractivity contribution in [2.45, 2.75) is 104 Å². The second-order valence-corrected chi connectivity index (χ2v) is 19.8. The molecule has 5 atom stereocenters. The molecule has 0 radical (unpaired) electrons. The molecular formula is C46H61N9O4S. The molecule has 320 valence electrons. The van der Waals surface area contributed by atoms with Gasteiger partial charge in [-0.15, -0.1) is 10.2 Å². The number of unbranched alkanes of at least 4 members (excludes halogenated alkanes) is 1. The van der Waals surface area contributed by atoms with Gasteiger partial charge in [0, 0.05) is 60.4 Å². The maximum absolute atomic E-state index is 12.9. The van der Waals surface area contributed by atoms with Gasteiger partial charge >= 0.3 is 5.97 Å². The molecule has 5 unspecified atom stereocenters. The quantitative estimate of drug-likeness (QED) is 0.0443. The van der Waals surface area contributed by atoms with E-state index in [2.05, 4.69) is 65.1 Å². The summed E-state index contributed by atoms with van der Waals surface area (Å²) in [6.07, 6.45) is 11.5. The van der Waals surface area contributed by atoms with Gasteiger partial charge in [0.2, 0.25) is 0 Å². The summed E-state index contributed by atoms with van der Waals surface area (Å²) in [5, 5.41) is 48.7. The highest BCUT2D eigenvalue weighted by Crippen LogP contribution is 2.66. The van der Waals surface area contributed by atoms with Crippen LogP contribution in [0.1, 0.15) is 111 Å². The van der Waals surface area contributed by atoms with Crippen LogP contribution < -0.4 is 20.9 Å². The largest absolute Gasteiger partial charge is 0.476 e. The molecule has 4 aromatic rings. The molecule has 4 bridgehead atoms. The Morgan fingerprint density at radius 3 is 2.65 bits per heavy atom. The summed E-state index contributed by atoms with van der Waals surface area (Å²) in [6, 6.07) is 9.87. The molecule has 0 amide bonds. The van der Waals surface area contributed by atoms with Gasteiger partial charge in [0.05, 0.1) is 22.4 Å². The molecule has 4 saturated carbocycles. The van der Waals surface area contributed by atoms with Crippen molar-refractivity contribution in [1.82, 2.24) is 30.8 Å². The number of carboxylic acid groups (broad SMARTS) is 1. The van der Waals surface area contributed by atoms with Gasteiger partial charge in [-0.3, -0.25) is 0 Å². The number of aliphatic hydroxyl groups excluding tert-OH is 1. The Morgan fingerprint density at radius 1 is 1.05 bits per heavy atom. The van der Waals surface area contributed by atoms with Gasteiger partial charge in [0.15, 0.2) is 22.5 Å². The lowest BCUT2D eigenvalue weighted by atomic mass is 9.53. The van der Waals surface area contributed by atoms with E-state index in [0.29, 0.717) is 53.6 Å². The molecule has 1 aliphatic heterocycles. The third-order valence-electron chi connectivity index (χ3n) is 13.6. The Hall–Kier alpha value is -4.50. The van der Waals surface area contributed by atoms with E-state index >= 15 is 0 Å². The fraction of sp³-hybridized carbons (Fsp3) is 0.565. The van der Waals surface area contributed by atoms with Gasteiger partial charge in [-0.25, -0.2) is 14.8 Å². The van der Waals surface area contributed by atoms with Gasteiger partial charge in [-0.1, -0.05) is 31.3 Å². The molecule has 1 aromatic carbocycles. The standard InChI is InChI=1S/C46H61N9O4S/c1-28-10-12-37-36(19-28)50-43(60-37)52-40-29(2)33-9-8-16-55(41(33)54-53-40)38-13-11-34(39(51-38)42(57)58)35(23-47)30(3)49-24-32-21-45(5)25-44(4)20-31(32)22-46(26-44,27-45)59-18-15-48-14-6-7-17-56/h10-13,19,23,31-32,47-49,56H,6-9,14-18,20-22,24-27H2,1-5H3,(H,57,58)(H,50,52,53)/b35-30+,47-23?. The van der Waals surface area contributed by atoms with E-state index in [4.69, 9.17) is 25.2 Å². The van der Waals surface area contributed by atoms with Crippen LogP contribution in [0.15, 0.2) is 36.0 Å². The fourth-order valence-electron chi connectivity index (χ4n) is 11.6. The first-order valence-electron chi connectivity index (χ1n) is 21.7. The second kappa shape index (κ2) is 17.1. The number of aryl methyl sites for hydroxylation is 1. The number of pyridine rings is 1. The van der Waals surface area contributed by atoms with Crippen LogP contribution in [0.25, 0.3) is 15.8 Å². The summed E-state index contributed by atoms with van der Waals surface area (Å²) in [7, 11) is 0. The molecule has 4 fully saturated rings. The maximum Gasteiger partial charge on any atom is 0.355 e. The van der Waals surface area contributed by atoms with Crippen molar-refractivity contribution >= 4 is 61.9 Å². The van der Waals surface area contributed by atoms with Crippen molar-refractivity contribution < 1.29 is 19.7 Å². The Bertz CT molecular complexity index is 2300. The van der Waals surface area contributed by atoms with E-state index in [9.17, 15) is 9.90 Å².